The highest BCUT2D eigenvalue weighted by atomic mass is 79.9. The Bertz CT molecular complexity index is 635. The summed E-state index contributed by atoms with van der Waals surface area (Å²) in [5, 5.41) is 3.89. The minimum Gasteiger partial charge on any atom is -0.356 e. The van der Waals surface area contributed by atoms with Crippen LogP contribution < -0.4 is 10.9 Å². The van der Waals surface area contributed by atoms with Crippen LogP contribution in [0, 0.1) is 0 Å². The molecule has 2 aromatic rings. The predicted octanol–water partition coefficient (Wildman–Crippen LogP) is 2.36. The molecule has 88 valence electrons. The van der Waals surface area contributed by atoms with Crippen LogP contribution in [0.5, 0.6) is 0 Å². The molecule has 0 unspecified atom stereocenters. The van der Waals surface area contributed by atoms with Gasteiger partial charge in [-0.15, -0.1) is 0 Å². The Morgan fingerprint density at radius 2 is 2.24 bits per heavy atom. The summed E-state index contributed by atoms with van der Waals surface area (Å²) in [5.74, 6) is 0.697. The number of halogens is 1. The first-order chi connectivity index (χ1) is 8.25. The van der Waals surface area contributed by atoms with Gasteiger partial charge >= 0.3 is 0 Å². The van der Waals surface area contributed by atoms with Gasteiger partial charge in [0.05, 0.1) is 10.9 Å². The van der Waals surface area contributed by atoms with E-state index in [1.807, 2.05) is 18.2 Å². The molecule has 0 saturated carbocycles. The fourth-order valence-corrected chi connectivity index (χ4v) is 2.49. The molecule has 1 aliphatic rings. The normalized spacial score (nSPS) is 15.1. The lowest BCUT2D eigenvalue weighted by atomic mass is 10.2. The predicted molar refractivity (Wildman–Crippen MR) is 71.4 cm³/mol. The van der Waals surface area contributed by atoms with Crippen molar-refractivity contribution in [2.24, 2.45) is 0 Å². The van der Waals surface area contributed by atoms with Crippen LogP contribution in [0.15, 0.2) is 27.5 Å². The monoisotopic (exact) mass is 293 g/mol. The molecule has 1 aromatic carbocycles. The lowest BCUT2D eigenvalue weighted by molar-refractivity contribution is 0.636. The van der Waals surface area contributed by atoms with Crippen molar-refractivity contribution in [2.45, 2.75) is 19.4 Å². The van der Waals surface area contributed by atoms with Gasteiger partial charge < -0.3 is 5.32 Å². The van der Waals surface area contributed by atoms with Gasteiger partial charge in [0.25, 0.3) is 5.56 Å². The molecule has 0 bridgehead atoms. The molecule has 17 heavy (non-hydrogen) atoms. The second kappa shape index (κ2) is 4.14. The molecule has 1 aliphatic heterocycles. The van der Waals surface area contributed by atoms with Gasteiger partial charge in [0, 0.05) is 17.6 Å². The number of hydrogen-bond donors (Lipinski definition) is 1. The van der Waals surface area contributed by atoms with Gasteiger partial charge in [-0.1, -0.05) is 15.9 Å². The third-order valence-electron chi connectivity index (χ3n) is 3.01. The van der Waals surface area contributed by atoms with Crippen LogP contribution in [0.25, 0.3) is 10.9 Å². The maximum atomic E-state index is 12.3. The number of benzene rings is 1. The summed E-state index contributed by atoms with van der Waals surface area (Å²) < 4.78 is 2.65. The Balaban J connectivity index is 2.33. The Kier molecular flexibility index (Phi) is 2.63. The fourth-order valence-electron chi connectivity index (χ4n) is 2.13. The molecule has 1 aromatic heterocycles. The van der Waals surface area contributed by atoms with Crippen LogP contribution >= 0.6 is 15.9 Å². The van der Waals surface area contributed by atoms with Crippen molar-refractivity contribution < 1.29 is 0 Å². The standard InChI is InChI=1S/C12H12BrN3O/c13-8-3-4-10-9(7-8)11(17)16-6-2-1-5-14-12(16)15-10/h3-4,7H,1-2,5-6H2,(H,14,15). The zero-order chi connectivity index (χ0) is 11.8. The number of rotatable bonds is 0. The Morgan fingerprint density at radius 3 is 3.12 bits per heavy atom. The van der Waals surface area contributed by atoms with Crippen LogP contribution in [-0.4, -0.2) is 16.1 Å². The van der Waals surface area contributed by atoms with E-state index >= 15 is 0 Å². The van der Waals surface area contributed by atoms with Crippen LogP contribution in [0.2, 0.25) is 0 Å². The molecule has 3 rings (SSSR count). The van der Waals surface area contributed by atoms with E-state index in [0.29, 0.717) is 11.3 Å². The molecule has 4 nitrogen and oxygen atoms in total. The fraction of sp³-hybridized carbons (Fsp3) is 0.333. The number of nitrogens with zero attached hydrogens (tertiary/aromatic N) is 2. The van der Waals surface area contributed by atoms with Crippen LogP contribution in [0.3, 0.4) is 0 Å². The molecule has 0 amide bonds. The number of hydrogen-bond acceptors (Lipinski definition) is 3. The Hall–Kier alpha value is -1.36. The number of anilines is 1. The maximum Gasteiger partial charge on any atom is 0.262 e. The number of fused-ring (bicyclic) bond motifs is 2. The Morgan fingerprint density at radius 1 is 1.35 bits per heavy atom. The quantitative estimate of drug-likeness (QED) is 0.811. The SMILES string of the molecule is O=c1c2cc(Br)ccc2nc2n1CCCCN2. The molecule has 0 radical (unpaired) electrons. The molecule has 0 atom stereocenters. The molecule has 0 spiro atoms. The summed E-state index contributed by atoms with van der Waals surface area (Å²) in [5.41, 5.74) is 0.791. The summed E-state index contributed by atoms with van der Waals surface area (Å²) in [6.07, 6.45) is 2.09. The third kappa shape index (κ3) is 1.84. The van der Waals surface area contributed by atoms with Crippen LogP contribution in [-0.2, 0) is 6.54 Å². The van der Waals surface area contributed by atoms with Crippen LogP contribution in [0.4, 0.5) is 5.95 Å². The molecular weight excluding hydrogens is 282 g/mol. The number of nitrogens with one attached hydrogen (secondary N) is 1. The Labute approximate surface area is 107 Å². The summed E-state index contributed by atoms with van der Waals surface area (Å²) in [7, 11) is 0. The van der Waals surface area contributed by atoms with Crippen molar-refractivity contribution in [1.29, 1.82) is 0 Å². The molecular formula is C12H12BrN3O. The van der Waals surface area contributed by atoms with Crippen molar-refractivity contribution in [3.05, 3.63) is 33.0 Å². The van der Waals surface area contributed by atoms with E-state index in [1.165, 1.54) is 0 Å². The second-order valence-corrected chi connectivity index (χ2v) is 5.10. The number of aromatic nitrogens is 2. The van der Waals surface area contributed by atoms with Gasteiger partial charge in [-0.3, -0.25) is 9.36 Å². The summed E-state index contributed by atoms with van der Waals surface area (Å²) in [4.78, 5) is 16.8. The first kappa shape index (κ1) is 10.8. The summed E-state index contributed by atoms with van der Waals surface area (Å²) >= 11 is 3.39. The first-order valence-electron chi connectivity index (χ1n) is 5.70. The summed E-state index contributed by atoms with van der Waals surface area (Å²) in [6.45, 7) is 1.63. The minimum atomic E-state index is 0.0423. The molecule has 1 N–H and O–H groups in total. The third-order valence-corrected chi connectivity index (χ3v) is 3.50. The van der Waals surface area contributed by atoms with Crippen molar-refractivity contribution in [2.75, 3.05) is 11.9 Å². The van der Waals surface area contributed by atoms with E-state index in [4.69, 9.17) is 0 Å². The highest BCUT2D eigenvalue weighted by Crippen LogP contribution is 2.18. The highest BCUT2D eigenvalue weighted by Gasteiger charge is 2.12. The average Bonchev–Trinajstić information content (AvgIpc) is 2.56. The zero-order valence-corrected chi connectivity index (χ0v) is 10.8. The largest absolute Gasteiger partial charge is 0.356 e. The molecule has 5 heteroatoms. The smallest absolute Gasteiger partial charge is 0.262 e. The van der Waals surface area contributed by atoms with Crippen molar-refractivity contribution in [3.63, 3.8) is 0 Å². The second-order valence-electron chi connectivity index (χ2n) is 4.19. The highest BCUT2D eigenvalue weighted by molar-refractivity contribution is 9.10. The molecule has 0 aliphatic carbocycles. The van der Waals surface area contributed by atoms with Crippen molar-refractivity contribution >= 4 is 32.8 Å². The van der Waals surface area contributed by atoms with Gasteiger partial charge in [-0.2, -0.15) is 0 Å². The van der Waals surface area contributed by atoms with Gasteiger partial charge in [-0.05, 0) is 31.0 Å². The van der Waals surface area contributed by atoms with Gasteiger partial charge in [0.1, 0.15) is 0 Å². The van der Waals surface area contributed by atoms with E-state index in [2.05, 4.69) is 26.2 Å². The van der Waals surface area contributed by atoms with Gasteiger partial charge in [0.2, 0.25) is 5.95 Å². The zero-order valence-electron chi connectivity index (χ0n) is 9.24. The first-order valence-corrected chi connectivity index (χ1v) is 6.49. The topological polar surface area (TPSA) is 46.9 Å². The van der Waals surface area contributed by atoms with Crippen molar-refractivity contribution in [1.82, 2.24) is 9.55 Å². The lowest BCUT2D eigenvalue weighted by Gasteiger charge is -2.10. The molecule has 0 saturated heterocycles. The van der Waals surface area contributed by atoms with Crippen molar-refractivity contribution in [3.8, 4) is 0 Å². The van der Waals surface area contributed by atoms with Crippen LogP contribution in [0.1, 0.15) is 12.8 Å². The molecule has 2 heterocycles. The average molecular weight is 294 g/mol. The maximum absolute atomic E-state index is 12.3. The van der Waals surface area contributed by atoms with Gasteiger partial charge in [0.15, 0.2) is 0 Å². The summed E-state index contributed by atoms with van der Waals surface area (Å²) in [6, 6.07) is 5.61. The molecule has 0 fully saturated rings. The van der Waals surface area contributed by atoms with Gasteiger partial charge in [-0.25, -0.2) is 4.98 Å². The van der Waals surface area contributed by atoms with E-state index in [-0.39, 0.29) is 5.56 Å². The van der Waals surface area contributed by atoms with E-state index in [0.717, 1.165) is 35.9 Å². The van der Waals surface area contributed by atoms with E-state index in [9.17, 15) is 4.79 Å². The van der Waals surface area contributed by atoms with E-state index in [1.54, 1.807) is 4.57 Å². The lowest BCUT2D eigenvalue weighted by Crippen LogP contribution is -2.23. The minimum absolute atomic E-state index is 0.0423. The van der Waals surface area contributed by atoms with E-state index < -0.39 is 0 Å².